The summed E-state index contributed by atoms with van der Waals surface area (Å²) in [6, 6.07) is 22.4. The molecule has 0 spiro atoms. The number of carbonyl (C=O) groups is 1. The number of esters is 1. The van der Waals surface area contributed by atoms with Gasteiger partial charge < -0.3 is 34.5 Å². The Kier molecular flexibility index (Phi) is 11.8. The Bertz CT molecular complexity index is 1430. The van der Waals surface area contributed by atoms with Gasteiger partial charge in [-0.25, -0.2) is 9.78 Å². The van der Waals surface area contributed by atoms with Gasteiger partial charge in [0.1, 0.15) is 55.3 Å². The lowest BCUT2D eigenvalue weighted by Crippen LogP contribution is -2.10. The Morgan fingerprint density at radius 3 is 1.81 bits per heavy atom. The fourth-order valence-electron chi connectivity index (χ4n) is 4.02. The molecule has 0 saturated heterocycles. The van der Waals surface area contributed by atoms with Gasteiger partial charge in [0.2, 0.25) is 5.95 Å². The van der Waals surface area contributed by atoms with Gasteiger partial charge in [-0.15, -0.1) is 0 Å². The number of hydrogen-bond donors (Lipinski definition) is 3. The lowest BCUT2D eigenvalue weighted by atomic mass is 10.1. The number of nitrogens with one attached hydrogen (secondary N) is 1. The van der Waals surface area contributed by atoms with Crippen molar-refractivity contribution in [2.45, 2.75) is 12.8 Å². The monoisotopic (exact) mass is 586 g/mol. The molecule has 4 aromatic rings. The molecular weight excluding hydrogens is 552 g/mol. The van der Waals surface area contributed by atoms with E-state index in [0.717, 1.165) is 17.2 Å². The van der Waals surface area contributed by atoms with Gasteiger partial charge in [0.25, 0.3) is 0 Å². The Labute approximate surface area is 249 Å². The number of hydrogen-bond acceptors (Lipinski definition) is 11. The van der Waals surface area contributed by atoms with Gasteiger partial charge in [-0.1, -0.05) is 36.9 Å². The molecule has 0 aliphatic rings. The fourth-order valence-corrected chi connectivity index (χ4v) is 4.02. The van der Waals surface area contributed by atoms with Crippen LogP contribution in [0.15, 0.2) is 85.5 Å². The van der Waals surface area contributed by atoms with Crippen LogP contribution in [-0.4, -0.2) is 70.8 Å². The molecule has 224 valence electrons. The largest absolute Gasteiger partial charge is 0.491 e. The van der Waals surface area contributed by atoms with Crippen molar-refractivity contribution in [1.29, 1.82) is 0 Å². The quantitative estimate of drug-likeness (QED) is 0.0947. The van der Waals surface area contributed by atoms with Crippen molar-refractivity contribution in [1.82, 2.24) is 15.0 Å². The predicted octanol–water partition coefficient (Wildman–Crippen LogP) is 3.65. The zero-order chi connectivity index (χ0) is 30.3. The molecule has 0 unspecified atom stereocenters. The minimum Gasteiger partial charge on any atom is -0.491 e. The average Bonchev–Trinajstić information content (AvgIpc) is 3.01. The molecule has 0 saturated carbocycles. The van der Waals surface area contributed by atoms with Crippen LogP contribution < -0.4 is 19.5 Å². The highest BCUT2D eigenvalue weighted by Gasteiger charge is 2.11. The van der Waals surface area contributed by atoms with E-state index in [2.05, 4.69) is 21.9 Å². The number of aliphatic hydroxyl groups excluding tert-OH is 2. The minimum atomic E-state index is -0.499. The van der Waals surface area contributed by atoms with Crippen LogP contribution in [0.4, 0.5) is 11.6 Å². The van der Waals surface area contributed by atoms with E-state index in [-0.39, 0.29) is 39.6 Å². The van der Waals surface area contributed by atoms with Gasteiger partial charge >= 0.3 is 5.97 Å². The highest BCUT2D eigenvalue weighted by molar-refractivity contribution is 5.81. The van der Waals surface area contributed by atoms with Crippen LogP contribution in [0.1, 0.15) is 22.8 Å². The van der Waals surface area contributed by atoms with Crippen LogP contribution in [-0.2, 0) is 22.4 Å². The van der Waals surface area contributed by atoms with Gasteiger partial charge in [0, 0.05) is 30.7 Å². The van der Waals surface area contributed by atoms with Crippen LogP contribution in [0.5, 0.6) is 17.2 Å². The predicted molar refractivity (Wildman–Crippen MR) is 160 cm³/mol. The summed E-state index contributed by atoms with van der Waals surface area (Å²) in [4.78, 5) is 25.3. The van der Waals surface area contributed by atoms with Gasteiger partial charge in [0.15, 0.2) is 0 Å². The number of aliphatic hydroxyl groups is 2. The summed E-state index contributed by atoms with van der Waals surface area (Å²) in [6.07, 6.45) is 1.94. The third kappa shape index (κ3) is 10.4. The SMILES string of the molecule is C=CC(=O)OCCOc1cccc(Cc2nc(Cc3cccc(OCCO)c3)nc(Nc3cccc(OCCO)c3)n2)c1. The van der Waals surface area contributed by atoms with E-state index in [9.17, 15) is 4.79 Å². The molecule has 0 atom stereocenters. The van der Waals surface area contributed by atoms with Crippen molar-refractivity contribution in [3.63, 3.8) is 0 Å². The van der Waals surface area contributed by atoms with Crippen LogP contribution in [0, 0.1) is 0 Å². The van der Waals surface area contributed by atoms with Gasteiger partial charge in [-0.3, -0.25) is 0 Å². The first-order valence-electron chi connectivity index (χ1n) is 13.7. The summed E-state index contributed by atoms with van der Waals surface area (Å²) in [5.41, 5.74) is 2.57. The summed E-state index contributed by atoms with van der Waals surface area (Å²) >= 11 is 0. The lowest BCUT2D eigenvalue weighted by molar-refractivity contribution is -0.138. The van der Waals surface area contributed by atoms with Crippen molar-refractivity contribution in [3.8, 4) is 17.2 Å². The zero-order valence-corrected chi connectivity index (χ0v) is 23.6. The number of anilines is 2. The van der Waals surface area contributed by atoms with Crippen LogP contribution in [0.2, 0.25) is 0 Å². The molecular formula is C32H34N4O7. The van der Waals surface area contributed by atoms with Gasteiger partial charge in [0.05, 0.1) is 13.2 Å². The zero-order valence-electron chi connectivity index (χ0n) is 23.6. The van der Waals surface area contributed by atoms with E-state index in [1.165, 1.54) is 0 Å². The number of benzene rings is 3. The molecule has 3 aromatic carbocycles. The van der Waals surface area contributed by atoms with E-state index in [1.54, 1.807) is 12.1 Å². The first-order valence-corrected chi connectivity index (χ1v) is 13.7. The highest BCUT2D eigenvalue weighted by Crippen LogP contribution is 2.22. The van der Waals surface area contributed by atoms with Crippen molar-refractivity contribution in [3.05, 3.63) is 108 Å². The lowest BCUT2D eigenvalue weighted by Gasteiger charge is -2.12. The first kappa shape index (κ1) is 30.9. The Balaban J connectivity index is 1.55. The average molecular weight is 587 g/mol. The van der Waals surface area contributed by atoms with Crippen LogP contribution in [0.3, 0.4) is 0 Å². The smallest absolute Gasteiger partial charge is 0.330 e. The van der Waals surface area contributed by atoms with Crippen molar-refractivity contribution < 1.29 is 34.0 Å². The topological polar surface area (TPSA) is 145 Å². The maximum Gasteiger partial charge on any atom is 0.330 e. The number of carbonyl (C=O) groups excluding carboxylic acids is 1. The summed E-state index contributed by atoms with van der Waals surface area (Å²) in [7, 11) is 0. The number of ether oxygens (including phenoxy) is 4. The Morgan fingerprint density at radius 1 is 0.721 bits per heavy atom. The van der Waals surface area contributed by atoms with E-state index in [0.29, 0.717) is 53.4 Å². The molecule has 0 radical (unpaired) electrons. The molecule has 0 aliphatic heterocycles. The Hall–Kier alpha value is -5.00. The number of aromatic nitrogens is 3. The number of rotatable bonds is 17. The maximum absolute atomic E-state index is 11.2. The molecule has 3 N–H and O–H groups in total. The summed E-state index contributed by atoms with van der Waals surface area (Å²) in [6.45, 7) is 3.92. The van der Waals surface area contributed by atoms with Crippen molar-refractivity contribution in [2.24, 2.45) is 0 Å². The molecule has 43 heavy (non-hydrogen) atoms. The normalized spacial score (nSPS) is 10.6. The van der Waals surface area contributed by atoms with Crippen molar-refractivity contribution >= 4 is 17.6 Å². The van der Waals surface area contributed by atoms with E-state index in [4.69, 9.17) is 34.1 Å². The summed E-state index contributed by atoms with van der Waals surface area (Å²) in [5.74, 6) is 2.84. The molecule has 11 nitrogen and oxygen atoms in total. The van der Waals surface area contributed by atoms with Crippen LogP contribution in [0.25, 0.3) is 0 Å². The number of nitrogens with zero attached hydrogens (tertiary/aromatic N) is 3. The Morgan fingerprint density at radius 2 is 1.26 bits per heavy atom. The second-order valence-electron chi connectivity index (χ2n) is 9.16. The molecule has 0 aliphatic carbocycles. The standard InChI is InChI=1S/C32H34N4O7/c1-2-31(39)43-17-16-42-27-10-4-7-24(19-27)21-30-34-29(20-23-6-3-9-26(18-23)40-14-12-37)35-32(36-30)33-25-8-5-11-28(22-25)41-15-13-38/h2-11,18-19,22,37-38H,1,12-17,20-21H2,(H,33,34,35,36). The molecule has 4 rings (SSSR count). The van der Waals surface area contributed by atoms with Crippen LogP contribution >= 0.6 is 0 Å². The summed E-state index contributed by atoms with van der Waals surface area (Å²) in [5, 5.41) is 21.4. The molecule has 0 bridgehead atoms. The third-order valence-electron chi connectivity index (χ3n) is 5.82. The third-order valence-corrected chi connectivity index (χ3v) is 5.82. The molecule has 1 heterocycles. The van der Waals surface area contributed by atoms with E-state index >= 15 is 0 Å². The fraction of sp³-hybridized carbons (Fsp3) is 0.250. The second-order valence-corrected chi connectivity index (χ2v) is 9.16. The minimum absolute atomic E-state index is 0.0721. The maximum atomic E-state index is 11.2. The van der Waals surface area contributed by atoms with Gasteiger partial charge in [-0.2, -0.15) is 9.97 Å². The van der Waals surface area contributed by atoms with Crippen molar-refractivity contribution in [2.75, 3.05) is 45.0 Å². The highest BCUT2D eigenvalue weighted by atomic mass is 16.6. The molecule has 11 heteroatoms. The first-order chi connectivity index (χ1) is 21.0. The van der Waals surface area contributed by atoms with E-state index in [1.807, 2.05) is 60.7 Å². The second kappa shape index (κ2) is 16.4. The summed E-state index contributed by atoms with van der Waals surface area (Å²) < 4.78 is 21.8. The molecule has 0 amide bonds. The van der Waals surface area contributed by atoms with E-state index < -0.39 is 5.97 Å². The molecule has 0 fully saturated rings. The van der Waals surface area contributed by atoms with Gasteiger partial charge in [-0.05, 0) is 47.5 Å². The molecule has 1 aromatic heterocycles.